The third-order valence-corrected chi connectivity index (χ3v) is 5.33. The van der Waals surface area contributed by atoms with E-state index in [1.165, 1.54) is 11.3 Å². The van der Waals surface area contributed by atoms with E-state index in [9.17, 15) is 19.5 Å². The molecular formula is C15H16N2O4S. The number of primary amides is 1. The highest BCUT2D eigenvalue weighted by atomic mass is 32.1. The molecule has 1 fully saturated rings. The first-order valence-electron chi connectivity index (χ1n) is 7.08. The highest BCUT2D eigenvalue weighted by Gasteiger charge is 2.48. The second kappa shape index (κ2) is 5.57. The molecule has 0 saturated heterocycles. The van der Waals surface area contributed by atoms with Crippen molar-refractivity contribution in [3.63, 3.8) is 0 Å². The molecule has 4 rings (SSSR count). The van der Waals surface area contributed by atoms with Crippen LogP contribution in [0.1, 0.15) is 23.2 Å². The van der Waals surface area contributed by atoms with Gasteiger partial charge >= 0.3 is 5.97 Å². The third kappa shape index (κ3) is 2.41. The van der Waals surface area contributed by atoms with Crippen molar-refractivity contribution in [3.05, 3.63) is 29.2 Å². The van der Waals surface area contributed by atoms with E-state index < -0.39 is 23.7 Å². The van der Waals surface area contributed by atoms with Crippen LogP contribution in [0.5, 0.6) is 0 Å². The van der Waals surface area contributed by atoms with Crippen LogP contribution in [-0.4, -0.2) is 22.9 Å². The number of nitrogens with two attached hydrogens (primary N) is 1. The van der Waals surface area contributed by atoms with Gasteiger partial charge in [-0.05, 0) is 36.1 Å². The standard InChI is InChI=1S/C15H16N2O4S/c16-12(18)9-5-6-22-14(9)17-13(19)10-7-1-3-8(4-2-7)11(10)15(20)21/h1,3,5-8,10-11H,2,4H2,(H2,16,18)(H,17,19)(H,20,21)/t7-,8-,10+,11-/m0/s1. The Bertz CT molecular complexity index is 666. The summed E-state index contributed by atoms with van der Waals surface area (Å²) in [4.78, 5) is 35.5. The van der Waals surface area contributed by atoms with Crippen LogP contribution in [0, 0.1) is 23.7 Å². The molecule has 2 amide bonds. The van der Waals surface area contributed by atoms with Crippen molar-refractivity contribution in [2.24, 2.45) is 29.4 Å². The van der Waals surface area contributed by atoms with Crippen LogP contribution in [0.4, 0.5) is 5.00 Å². The second-order valence-corrected chi connectivity index (χ2v) is 6.61. The number of anilines is 1. The monoisotopic (exact) mass is 320 g/mol. The van der Waals surface area contributed by atoms with Gasteiger partial charge in [-0.1, -0.05) is 12.2 Å². The number of fused-ring (bicyclic) bond motifs is 2. The first-order valence-corrected chi connectivity index (χ1v) is 7.96. The lowest BCUT2D eigenvalue weighted by atomic mass is 9.62. The van der Waals surface area contributed by atoms with E-state index in [4.69, 9.17) is 5.73 Å². The number of carbonyl (C=O) groups excluding carboxylic acids is 2. The summed E-state index contributed by atoms with van der Waals surface area (Å²) in [5.74, 6) is -3.39. The Labute approximate surface area is 131 Å². The first-order chi connectivity index (χ1) is 10.5. The number of thiophene rings is 1. The summed E-state index contributed by atoms with van der Waals surface area (Å²) in [5, 5.41) is 14.2. The van der Waals surface area contributed by atoms with Crippen molar-refractivity contribution in [1.29, 1.82) is 0 Å². The molecule has 0 unspecified atom stereocenters. The minimum atomic E-state index is -0.944. The van der Waals surface area contributed by atoms with Gasteiger partial charge in [0.25, 0.3) is 5.91 Å². The minimum Gasteiger partial charge on any atom is -0.481 e. The van der Waals surface area contributed by atoms with E-state index in [0.29, 0.717) is 5.00 Å². The maximum atomic E-state index is 12.6. The normalized spacial score (nSPS) is 29.3. The smallest absolute Gasteiger partial charge is 0.307 e. The van der Waals surface area contributed by atoms with E-state index in [2.05, 4.69) is 5.32 Å². The fourth-order valence-corrected chi connectivity index (χ4v) is 4.28. The van der Waals surface area contributed by atoms with E-state index in [1.807, 2.05) is 12.2 Å². The van der Waals surface area contributed by atoms with Crippen molar-refractivity contribution in [3.8, 4) is 0 Å². The second-order valence-electron chi connectivity index (χ2n) is 5.70. The lowest BCUT2D eigenvalue weighted by Crippen LogP contribution is -2.47. The van der Waals surface area contributed by atoms with E-state index in [1.54, 1.807) is 11.4 Å². The summed E-state index contributed by atoms with van der Waals surface area (Å²) >= 11 is 1.20. The Morgan fingerprint density at radius 3 is 2.36 bits per heavy atom. The number of carboxylic acid groups (broad SMARTS) is 1. The van der Waals surface area contributed by atoms with E-state index in [-0.39, 0.29) is 23.3 Å². The topological polar surface area (TPSA) is 109 Å². The van der Waals surface area contributed by atoms with Gasteiger partial charge < -0.3 is 16.2 Å². The number of nitrogens with one attached hydrogen (secondary N) is 1. The average Bonchev–Trinajstić information content (AvgIpc) is 2.95. The molecule has 0 radical (unpaired) electrons. The van der Waals surface area contributed by atoms with Crippen LogP contribution < -0.4 is 11.1 Å². The predicted molar refractivity (Wildman–Crippen MR) is 81.4 cm³/mol. The summed E-state index contributed by atoms with van der Waals surface area (Å²) in [6.07, 6.45) is 5.47. The molecule has 3 aliphatic rings. The maximum absolute atomic E-state index is 12.6. The average molecular weight is 320 g/mol. The van der Waals surface area contributed by atoms with Gasteiger partial charge in [-0.25, -0.2) is 0 Å². The zero-order valence-electron chi connectivity index (χ0n) is 11.7. The van der Waals surface area contributed by atoms with Crippen LogP contribution >= 0.6 is 11.3 Å². The largest absolute Gasteiger partial charge is 0.481 e. The zero-order chi connectivity index (χ0) is 15.9. The Kier molecular flexibility index (Phi) is 3.74. The van der Waals surface area contributed by atoms with Crippen LogP contribution in [0.15, 0.2) is 23.6 Å². The van der Waals surface area contributed by atoms with Crippen molar-refractivity contribution in [2.45, 2.75) is 12.8 Å². The predicted octanol–water partition coefficient (Wildman–Crippen LogP) is 1.70. The molecule has 4 N–H and O–H groups in total. The first kappa shape index (κ1) is 14.8. The Morgan fingerprint density at radius 1 is 1.18 bits per heavy atom. The van der Waals surface area contributed by atoms with Gasteiger partial charge in [-0.2, -0.15) is 0 Å². The molecule has 1 aromatic rings. The lowest BCUT2D eigenvalue weighted by Gasteiger charge is -2.41. The number of carbonyl (C=O) groups is 3. The molecule has 0 aromatic carbocycles. The fraction of sp³-hybridized carbons (Fsp3) is 0.400. The highest BCUT2D eigenvalue weighted by Crippen LogP contribution is 2.45. The quantitative estimate of drug-likeness (QED) is 0.733. The molecule has 1 saturated carbocycles. The van der Waals surface area contributed by atoms with Gasteiger partial charge in [0.2, 0.25) is 5.91 Å². The van der Waals surface area contributed by atoms with Crippen molar-refractivity contribution < 1.29 is 19.5 Å². The van der Waals surface area contributed by atoms with Gasteiger partial charge in [0.05, 0.1) is 17.4 Å². The molecule has 3 aliphatic carbocycles. The molecule has 4 atom stereocenters. The van der Waals surface area contributed by atoms with Crippen LogP contribution in [0.3, 0.4) is 0 Å². The summed E-state index contributed by atoms with van der Waals surface area (Å²) in [6.45, 7) is 0. The molecule has 0 spiro atoms. The fourth-order valence-electron chi connectivity index (χ4n) is 3.48. The molecule has 1 heterocycles. The lowest BCUT2D eigenvalue weighted by molar-refractivity contribution is -0.151. The number of allylic oxidation sites excluding steroid dienone is 2. The van der Waals surface area contributed by atoms with E-state index >= 15 is 0 Å². The number of hydrogen-bond donors (Lipinski definition) is 3. The molecule has 7 heteroatoms. The minimum absolute atomic E-state index is 0.0666. The van der Waals surface area contributed by atoms with Crippen LogP contribution in [0.2, 0.25) is 0 Å². The molecule has 1 aromatic heterocycles. The molecular weight excluding hydrogens is 304 g/mol. The van der Waals surface area contributed by atoms with Crippen LogP contribution in [0.25, 0.3) is 0 Å². The summed E-state index contributed by atoms with van der Waals surface area (Å²) < 4.78 is 0. The van der Waals surface area contributed by atoms with Crippen molar-refractivity contribution in [1.82, 2.24) is 0 Å². The number of hydrogen-bond acceptors (Lipinski definition) is 4. The highest BCUT2D eigenvalue weighted by molar-refractivity contribution is 7.14. The summed E-state index contributed by atoms with van der Waals surface area (Å²) in [6, 6.07) is 1.55. The number of aliphatic carboxylic acids is 1. The Balaban J connectivity index is 1.84. The van der Waals surface area contributed by atoms with E-state index in [0.717, 1.165) is 12.8 Å². The molecule has 6 nitrogen and oxygen atoms in total. The SMILES string of the molecule is NC(=O)c1ccsc1NC(=O)[C@H]1[C@@H](C(=O)O)[C@H]2C=C[C@H]1CC2. The Morgan fingerprint density at radius 2 is 1.82 bits per heavy atom. The van der Waals surface area contributed by atoms with Gasteiger partial charge in [-0.15, -0.1) is 11.3 Å². The number of rotatable bonds is 4. The van der Waals surface area contributed by atoms with Crippen molar-refractivity contribution in [2.75, 3.05) is 5.32 Å². The van der Waals surface area contributed by atoms with Gasteiger partial charge in [0.15, 0.2) is 0 Å². The maximum Gasteiger partial charge on any atom is 0.307 e. The molecule has 0 aliphatic heterocycles. The zero-order valence-corrected chi connectivity index (χ0v) is 12.5. The summed E-state index contributed by atoms with van der Waals surface area (Å²) in [5.41, 5.74) is 5.51. The number of carboxylic acids is 1. The molecule has 22 heavy (non-hydrogen) atoms. The number of amides is 2. The summed E-state index contributed by atoms with van der Waals surface area (Å²) in [7, 11) is 0. The van der Waals surface area contributed by atoms with Gasteiger partial charge in [-0.3, -0.25) is 14.4 Å². The third-order valence-electron chi connectivity index (χ3n) is 4.50. The van der Waals surface area contributed by atoms with Crippen LogP contribution in [-0.2, 0) is 9.59 Å². The van der Waals surface area contributed by atoms with Gasteiger partial charge in [0.1, 0.15) is 5.00 Å². The van der Waals surface area contributed by atoms with Gasteiger partial charge in [0, 0.05) is 0 Å². The molecule has 2 bridgehead atoms. The Hall–Kier alpha value is -2.15. The molecule has 116 valence electrons. The van der Waals surface area contributed by atoms with Crippen molar-refractivity contribution >= 4 is 34.1 Å².